The monoisotopic (exact) mass is 241 g/mol. The largest absolute Gasteiger partial charge is 0.212 e. The van der Waals surface area contributed by atoms with E-state index in [2.05, 4.69) is 10.3 Å². The minimum absolute atomic E-state index is 0.797. The maximum Gasteiger partial charge on any atom is 0.0937 e. The highest BCUT2D eigenvalue weighted by Gasteiger charge is 1.99. The zero-order valence-corrected chi connectivity index (χ0v) is 9.92. The molecule has 0 aliphatic carbocycles. The number of para-hydroxylation sites is 1. The SMILES string of the molecule is S=CN(N=Nc1ccccc1)c1ccccc1. The first-order valence-corrected chi connectivity index (χ1v) is 5.63. The van der Waals surface area contributed by atoms with Crippen molar-refractivity contribution in [2.24, 2.45) is 10.3 Å². The molecule has 0 amide bonds. The average Bonchev–Trinajstić information content (AvgIpc) is 2.42. The summed E-state index contributed by atoms with van der Waals surface area (Å²) < 4.78 is 0. The molecule has 0 atom stereocenters. The lowest BCUT2D eigenvalue weighted by Crippen LogP contribution is -2.10. The Hall–Kier alpha value is -2.07. The Morgan fingerprint density at radius 2 is 1.47 bits per heavy atom. The summed E-state index contributed by atoms with van der Waals surface area (Å²) in [4.78, 5) is 0. The summed E-state index contributed by atoms with van der Waals surface area (Å²) in [5.74, 6) is 0. The van der Waals surface area contributed by atoms with E-state index >= 15 is 0 Å². The molecule has 0 fully saturated rings. The Bertz CT molecular complexity index is 497. The van der Waals surface area contributed by atoms with Gasteiger partial charge in [-0.2, -0.15) is 0 Å². The van der Waals surface area contributed by atoms with Crippen molar-refractivity contribution in [3.05, 3.63) is 60.7 Å². The van der Waals surface area contributed by atoms with Crippen molar-refractivity contribution < 1.29 is 0 Å². The van der Waals surface area contributed by atoms with Crippen LogP contribution in [0.5, 0.6) is 0 Å². The van der Waals surface area contributed by atoms with Gasteiger partial charge in [-0.1, -0.05) is 53.8 Å². The summed E-state index contributed by atoms with van der Waals surface area (Å²) in [6.45, 7) is 0. The van der Waals surface area contributed by atoms with Gasteiger partial charge in [0.25, 0.3) is 0 Å². The van der Waals surface area contributed by atoms with Gasteiger partial charge in [0.15, 0.2) is 0 Å². The predicted octanol–water partition coefficient (Wildman–Crippen LogP) is 4.15. The molecule has 0 radical (unpaired) electrons. The van der Waals surface area contributed by atoms with Crippen LogP contribution in [0.2, 0.25) is 0 Å². The molecule has 2 aromatic rings. The van der Waals surface area contributed by atoms with Crippen LogP contribution in [0.15, 0.2) is 71.0 Å². The fourth-order valence-corrected chi connectivity index (χ4v) is 1.47. The Labute approximate surface area is 105 Å². The van der Waals surface area contributed by atoms with Crippen molar-refractivity contribution in [2.45, 2.75) is 0 Å². The Balaban J connectivity index is 2.16. The molecule has 0 spiro atoms. The number of anilines is 1. The van der Waals surface area contributed by atoms with Crippen LogP contribution in [0.25, 0.3) is 0 Å². The van der Waals surface area contributed by atoms with Gasteiger partial charge < -0.3 is 0 Å². The molecule has 0 aliphatic rings. The minimum atomic E-state index is 0.797. The molecule has 0 aliphatic heterocycles. The number of nitrogens with zero attached hydrogens (tertiary/aromatic N) is 3. The van der Waals surface area contributed by atoms with Gasteiger partial charge in [0.05, 0.1) is 16.9 Å². The van der Waals surface area contributed by atoms with Crippen molar-refractivity contribution in [2.75, 3.05) is 5.01 Å². The van der Waals surface area contributed by atoms with E-state index in [1.165, 1.54) is 5.49 Å². The van der Waals surface area contributed by atoms with Gasteiger partial charge in [-0.15, -0.1) is 5.11 Å². The van der Waals surface area contributed by atoms with Crippen molar-refractivity contribution in [3.63, 3.8) is 0 Å². The van der Waals surface area contributed by atoms with Gasteiger partial charge in [0.2, 0.25) is 0 Å². The number of benzene rings is 2. The van der Waals surface area contributed by atoms with E-state index < -0.39 is 0 Å². The number of rotatable bonds is 4. The highest BCUT2D eigenvalue weighted by atomic mass is 32.1. The summed E-state index contributed by atoms with van der Waals surface area (Å²) in [6.07, 6.45) is 0. The summed E-state index contributed by atoms with van der Waals surface area (Å²) in [5.41, 5.74) is 3.15. The molecule has 84 valence electrons. The van der Waals surface area contributed by atoms with Gasteiger partial charge >= 0.3 is 0 Å². The van der Waals surface area contributed by atoms with E-state index in [4.69, 9.17) is 12.2 Å². The smallest absolute Gasteiger partial charge is 0.0937 e. The first-order valence-electron chi connectivity index (χ1n) is 5.16. The van der Waals surface area contributed by atoms with Crippen LogP contribution in [0, 0.1) is 0 Å². The molecule has 0 aromatic heterocycles. The van der Waals surface area contributed by atoms with Gasteiger partial charge in [-0.25, -0.2) is 5.01 Å². The van der Waals surface area contributed by atoms with Crippen LogP contribution >= 0.6 is 12.2 Å². The normalized spacial score (nSPS) is 10.4. The summed E-state index contributed by atoms with van der Waals surface area (Å²) in [6, 6.07) is 19.2. The summed E-state index contributed by atoms with van der Waals surface area (Å²) in [7, 11) is 0. The second kappa shape index (κ2) is 5.86. The summed E-state index contributed by atoms with van der Waals surface area (Å²) >= 11 is 4.92. The minimum Gasteiger partial charge on any atom is -0.212 e. The lowest BCUT2D eigenvalue weighted by molar-refractivity contribution is 1.02. The standard InChI is InChI=1S/C13H11N3S/c17-11-16(13-9-5-2-6-10-13)15-14-12-7-3-1-4-8-12/h1-11H. The highest BCUT2D eigenvalue weighted by molar-refractivity contribution is 7.79. The topological polar surface area (TPSA) is 28.0 Å². The van der Waals surface area contributed by atoms with Crippen molar-refractivity contribution in [3.8, 4) is 0 Å². The van der Waals surface area contributed by atoms with Crippen LogP contribution in [0.4, 0.5) is 11.4 Å². The van der Waals surface area contributed by atoms with E-state index in [1.54, 1.807) is 5.01 Å². The quantitative estimate of drug-likeness (QED) is 0.457. The fraction of sp³-hybridized carbons (Fsp3) is 0. The third kappa shape index (κ3) is 3.19. The molecule has 0 saturated heterocycles. The molecule has 0 bridgehead atoms. The Kier molecular flexibility index (Phi) is 3.94. The Morgan fingerprint density at radius 3 is 2.06 bits per heavy atom. The van der Waals surface area contributed by atoms with Crippen molar-refractivity contribution in [1.29, 1.82) is 0 Å². The van der Waals surface area contributed by atoms with E-state index in [-0.39, 0.29) is 0 Å². The molecule has 0 N–H and O–H groups in total. The second-order valence-corrected chi connectivity index (χ2v) is 3.52. The number of hydrogen-bond acceptors (Lipinski definition) is 3. The fourth-order valence-electron chi connectivity index (χ4n) is 1.31. The average molecular weight is 241 g/mol. The molecular formula is C13H11N3S. The van der Waals surface area contributed by atoms with Crippen LogP contribution in [-0.4, -0.2) is 5.49 Å². The predicted molar refractivity (Wildman–Crippen MR) is 73.5 cm³/mol. The van der Waals surface area contributed by atoms with Gasteiger partial charge in [0, 0.05) is 0 Å². The highest BCUT2D eigenvalue weighted by Crippen LogP contribution is 2.15. The van der Waals surface area contributed by atoms with E-state index in [9.17, 15) is 0 Å². The van der Waals surface area contributed by atoms with Crippen LogP contribution < -0.4 is 5.01 Å². The van der Waals surface area contributed by atoms with Gasteiger partial charge in [-0.05, 0) is 24.3 Å². The molecule has 2 aromatic carbocycles. The third-order valence-corrected chi connectivity index (χ3v) is 2.33. The van der Waals surface area contributed by atoms with E-state index in [1.807, 2.05) is 60.7 Å². The molecule has 0 heterocycles. The molecule has 3 nitrogen and oxygen atoms in total. The molecular weight excluding hydrogens is 230 g/mol. The van der Waals surface area contributed by atoms with E-state index in [0.29, 0.717) is 0 Å². The zero-order chi connectivity index (χ0) is 11.9. The first kappa shape index (κ1) is 11.4. The lowest BCUT2D eigenvalue weighted by Gasteiger charge is -2.10. The molecule has 0 unspecified atom stereocenters. The first-order chi connectivity index (χ1) is 8.40. The molecule has 2 rings (SSSR count). The third-order valence-electron chi connectivity index (χ3n) is 2.13. The van der Waals surface area contributed by atoms with Crippen molar-refractivity contribution in [1.82, 2.24) is 0 Å². The molecule has 0 saturated carbocycles. The summed E-state index contributed by atoms with van der Waals surface area (Å²) in [5, 5.41) is 9.75. The van der Waals surface area contributed by atoms with Crippen molar-refractivity contribution >= 4 is 29.1 Å². The molecule has 4 heteroatoms. The zero-order valence-electron chi connectivity index (χ0n) is 9.10. The maximum atomic E-state index is 4.92. The number of hydrogen-bond donors (Lipinski definition) is 0. The van der Waals surface area contributed by atoms with Gasteiger partial charge in [0.1, 0.15) is 0 Å². The van der Waals surface area contributed by atoms with E-state index in [0.717, 1.165) is 11.4 Å². The Morgan fingerprint density at radius 1 is 0.882 bits per heavy atom. The number of thiocarbonyl (C=S) groups is 1. The maximum absolute atomic E-state index is 4.92. The second-order valence-electron chi connectivity index (χ2n) is 3.31. The van der Waals surface area contributed by atoms with Crippen LogP contribution in [0.3, 0.4) is 0 Å². The molecule has 17 heavy (non-hydrogen) atoms. The van der Waals surface area contributed by atoms with Crippen LogP contribution in [0.1, 0.15) is 0 Å². The lowest BCUT2D eigenvalue weighted by atomic mass is 10.3. The van der Waals surface area contributed by atoms with Gasteiger partial charge in [-0.3, -0.25) is 0 Å². The van der Waals surface area contributed by atoms with Crippen LogP contribution in [-0.2, 0) is 0 Å².